The minimum atomic E-state index is -3.57. The molecule has 1 aliphatic heterocycles. The minimum absolute atomic E-state index is 0.184. The molecule has 1 N–H and O–H groups in total. The summed E-state index contributed by atoms with van der Waals surface area (Å²) in [6, 6.07) is 10.7. The minimum Gasteiger partial charge on any atom is -0.351 e. The van der Waals surface area contributed by atoms with Crippen molar-refractivity contribution in [2.75, 3.05) is 57.3 Å². The number of hydrogen-bond donors (Lipinski definition) is 1. The third kappa shape index (κ3) is 7.40. The number of rotatable bonds is 13. The predicted octanol–water partition coefficient (Wildman–Crippen LogP) is 5.06. The molecule has 3 aromatic rings. The summed E-state index contributed by atoms with van der Waals surface area (Å²) in [6.07, 6.45) is 3.55. The molecule has 0 spiro atoms. The number of aryl methyl sites for hydroxylation is 2. The molecule has 0 unspecified atom stereocenters. The third-order valence-electron chi connectivity index (χ3n) is 7.44. The summed E-state index contributed by atoms with van der Waals surface area (Å²) in [5.74, 6) is -0.184. The predicted molar refractivity (Wildman–Crippen MR) is 165 cm³/mol. The number of hydrogen-bond acceptors (Lipinski definition) is 7. The van der Waals surface area contributed by atoms with Crippen LogP contribution < -0.4 is 10.2 Å². The van der Waals surface area contributed by atoms with Crippen molar-refractivity contribution in [1.82, 2.24) is 19.5 Å². The number of carbonyl (C=O) groups is 1. The van der Waals surface area contributed by atoms with Crippen LogP contribution in [0.1, 0.15) is 61.0 Å². The normalized spacial score (nSPS) is 14.8. The van der Waals surface area contributed by atoms with Gasteiger partial charge in [-0.1, -0.05) is 44.1 Å². The maximum Gasteiger partial charge on any atom is 0.251 e. The van der Waals surface area contributed by atoms with E-state index in [4.69, 9.17) is 4.98 Å². The molecule has 218 valence electrons. The molecule has 4 rings (SSSR count). The summed E-state index contributed by atoms with van der Waals surface area (Å²) in [7, 11) is -3.57. The number of unbranched alkanes of at least 4 members (excludes halogenated alkanes) is 2. The lowest BCUT2D eigenvalue weighted by Gasteiger charge is -2.34. The highest BCUT2D eigenvalue weighted by atomic mass is 32.2. The molecule has 2 heterocycles. The van der Waals surface area contributed by atoms with Gasteiger partial charge in [-0.25, -0.2) is 13.4 Å². The van der Waals surface area contributed by atoms with Crippen molar-refractivity contribution in [2.24, 2.45) is 0 Å². The van der Waals surface area contributed by atoms with E-state index in [9.17, 15) is 13.2 Å². The number of anilines is 1. The topological polar surface area (TPSA) is 85.8 Å². The van der Waals surface area contributed by atoms with Crippen molar-refractivity contribution < 1.29 is 13.2 Å². The van der Waals surface area contributed by atoms with Crippen LogP contribution in [0.5, 0.6) is 0 Å². The number of piperazine rings is 1. The molecule has 0 bridgehead atoms. The van der Waals surface area contributed by atoms with Crippen molar-refractivity contribution in [3.63, 3.8) is 0 Å². The average molecular weight is 586 g/mol. The Balaban J connectivity index is 1.25. The maximum absolute atomic E-state index is 13.2. The Hall–Kier alpha value is -2.53. The number of nitrogens with one attached hydrogen (secondary N) is 1. The molecule has 0 radical (unpaired) electrons. The highest BCUT2D eigenvalue weighted by Gasteiger charge is 2.24. The van der Waals surface area contributed by atoms with Crippen LogP contribution in [0, 0.1) is 13.8 Å². The number of fused-ring (bicyclic) bond motifs is 1. The van der Waals surface area contributed by atoms with Gasteiger partial charge in [0.15, 0.2) is 5.13 Å². The van der Waals surface area contributed by atoms with Crippen LogP contribution >= 0.6 is 11.3 Å². The fourth-order valence-corrected chi connectivity index (χ4v) is 7.63. The Morgan fingerprint density at radius 1 is 1.00 bits per heavy atom. The zero-order chi connectivity index (χ0) is 28.7. The van der Waals surface area contributed by atoms with Crippen LogP contribution in [0.4, 0.5) is 5.13 Å². The molecule has 1 aromatic heterocycles. The third-order valence-corrected chi connectivity index (χ3v) is 10.6. The van der Waals surface area contributed by atoms with E-state index < -0.39 is 10.0 Å². The molecular weight excluding hydrogens is 542 g/mol. The first-order valence-corrected chi connectivity index (χ1v) is 16.7. The second-order valence-corrected chi connectivity index (χ2v) is 13.6. The SMILES string of the molecule is CCCCN(CCCC)S(=O)(=O)c1ccc(C(=O)NCCN2CCN(c3nc4cc(C)cc(C)c4s3)CC2)cc1. The van der Waals surface area contributed by atoms with Crippen molar-refractivity contribution in [2.45, 2.75) is 58.3 Å². The summed E-state index contributed by atoms with van der Waals surface area (Å²) in [4.78, 5) is 22.6. The van der Waals surface area contributed by atoms with E-state index >= 15 is 0 Å². The van der Waals surface area contributed by atoms with Gasteiger partial charge >= 0.3 is 0 Å². The molecule has 8 nitrogen and oxygen atoms in total. The van der Waals surface area contributed by atoms with Gasteiger partial charge in [0.2, 0.25) is 10.0 Å². The van der Waals surface area contributed by atoms with Gasteiger partial charge in [0.25, 0.3) is 5.91 Å². The molecule has 1 fully saturated rings. The molecule has 40 heavy (non-hydrogen) atoms. The van der Waals surface area contributed by atoms with Crippen LogP contribution in [0.2, 0.25) is 0 Å². The number of carbonyl (C=O) groups excluding carboxylic acids is 1. The van der Waals surface area contributed by atoms with E-state index in [2.05, 4.69) is 54.9 Å². The van der Waals surface area contributed by atoms with Crippen molar-refractivity contribution in [3.05, 3.63) is 53.1 Å². The van der Waals surface area contributed by atoms with Gasteiger partial charge in [0.1, 0.15) is 0 Å². The van der Waals surface area contributed by atoms with Gasteiger partial charge in [-0.05, 0) is 68.1 Å². The lowest BCUT2D eigenvalue weighted by molar-refractivity contribution is 0.0947. The highest BCUT2D eigenvalue weighted by Crippen LogP contribution is 2.32. The van der Waals surface area contributed by atoms with E-state index in [1.165, 1.54) is 15.8 Å². The molecule has 10 heteroatoms. The zero-order valence-corrected chi connectivity index (χ0v) is 25.9. The highest BCUT2D eigenvalue weighted by molar-refractivity contribution is 7.89. The van der Waals surface area contributed by atoms with Crippen molar-refractivity contribution >= 4 is 42.6 Å². The maximum atomic E-state index is 13.2. The largest absolute Gasteiger partial charge is 0.351 e. The molecule has 0 saturated carbocycles. The van der Waals surface area contributed by atoms with Gasteiger partial charge in [-0.15, -0.1) is 0 Å². The molecule has 1 saturated heterocycles. The van der Waals surface area contributed by atoms with Crippen molar-refractivity contribution in [1.29, 1.82) is 0 Å². The second kappa shape index (κ2) is 13.9. The molecule has 0 atom stereocenters. The Bertz CT molecular complexity index is 1370. The van der Waals surface area contributed by atoms with Crippen LogP contribution in [0.3, 0.4) is 0 Å². The molecule has 0 aliphatic carbocycles. The van der Waals surface area contributed by atoms with E-state index in [0.717, 1.165) is 69.1 Å². The van der Waals surface area contributed by atoms with Gasteiger partial charge < -0.3 is 10.2 Å². The number of thiazole rings is 1. The van der Waals surface area contributed by atoms with Gasteiger partial charge in [0, 0.05) is 57.9 Å². The first-order chi connectivity index (χ1) is 19.2. The Labute approximate surface area is 243 Å². The Morgan fingerprint density at radius 2 is 1.65 bits per heavy atom. The van der Waals surface area contributed by atoms with E-state index in [1.54, 1.807) is 39.9 Å². The lowest BCUT2D eigenvalue weighted by Crippen LogP contribution is -2.48. The monoisotopic (exact) mass is 585 g/mol. The molecular formula is C30H43N5O3S2. The summed E-state index contributed by atoms with van der Waals surface area (Å²) >= 11 is 1.77. The fourth-order valence-electron chi connectivity index (χ4n) is 5.04. The summed E-state index contributed by atoms with van der Waals surface area (Å²) in [5, 5.41) is 4.08. The average Bonchev–Trinajstić information content (AvgIpc) is 3.38. The van der Waals surface area contributed by atoms with Crippen LogP contribution in [0.25, 0.3) is 10.2 Å². The van der Waals surface area contributed by atoms with E-state index in [-0.39, 0.29) is 10.8 Å². The Morgan fingerprint density at radius 3 is 2.27 bits per heavy atom. The number of aromatic nitrogens is 1. The lowest BCUT2D eigenvalue weighted by atomic mass is 10.1. The summed E-state index contributed by atoms with van der Waals surface area (Å²) < 4.78 is 29.2. The first kappa shape index (κ1) is 30.4. The Kier molecular flexibility index (Phi) is 10.6. The van der Waals surface area contributed by atoms with E-state index in [0.29, 0.717) is 25.2 Å². The van der Waals surface area contributed by atoms with E-state index in [1.807, 2.05) is 0 Å². The molecule has 2 aromatic carbocycles. The fraction of sp³-hybridized carbons (Fsp3) is 0.533. The van der Waals surface area contributed by atoms with Crippen LogP contribution in [-0.4, -0.2) is 80.9 Å². The number of amides is 1. The van der Waals surface area contributed by atoms with Crippen molar-refractivity contribution in [3.8, 4) is 0 Å². The summed E-state index contributed by atoms with van der Waals surface area (Å²) in [5.41, 5.74) is 4.08. The smallest absolute Gasteiger partial charge is 0.251 e. The quantitative estimate of drug-likeness (QED) is 0.302. The molecule has 1 amide bonds. The number of sulfonamides is 1. The van der Waals surface area contributed by atoms with Gasteiger partial charge in [-0.3, -0.25) is 9.69 Å². The summed E-state index contributed by atoms with van der Waals surface area (Å²) in [6.45, 7) is 14.4. The second-order valence-electron chi connectivity index (χ2n) is 10.6. The van der Waals surface area contributed by atoms with Crippen LogP contribution in [-0.2, 0) is 10.0 Å². The first-order valence-electron chi connectivity index (χ1n) is 14.5. The standard InChI is InChI=1S/C30H43N5O3S2/c1-5-7-14-35(15-8-6-2)40(37,38)26-11-9-25(10-12-26)29(36)31-13-16-33-17-19-34(20-18-33)30-32-27-22-23(3)21-24(4)28(27)39-30/h9-12,21-22H,5-8,13-20H2,1-4H3,(H,31,36). The molecule has 1 aliphatic rings. The number of benzene rings is 2. The number of nitrogens with zero attached hydrogens (tertiary/aromatic N) is 4. The van der Waals surface area contributed by atoms with Gasteiger partial charge in [-0.2, -0.15) is 4.31 Å². The van der Waals surface area contributed by atoms with Gasteiger partial charge in [0.05, 0.1) is 15.1 Å². The van der Waals surface area contributed by atoms with Crippen LogP contribution in [0.15, 0.2) is 41.3 Å². The zero-order valence-electron chi connectivity index (χ0n) is 24.3.